The van der Waals surface area contributed by atoms with Gasteiger partial charge in [0.05, 0.1) is 16.5 Å². The number of Topliss-reactive ketones (excluding diaryl/α,β-unsaturated/α-hetero) is 1. The van der Waals surface area contributed by atoms with Crippen LogP contribution in [0.3, 0.4) is 0 Å². The molecule has 8 heteroatoms. The second-order valence-corrected chi connectivity index (χ2v) is 10.6. The molecule has 3 aliphatic rings. The lowest BCUT2D eigenvalue weighted by atomic mass is 9.88. The molecule has 2 saturated heterocycles. The Morgan fingerprint density at radius 3 is 2.73 bits per heavy atom. The Morgan fingerprint density at radius 2 is 1.97 bits per heavy atom. The highest BCUT2D eigenvalue weighted by molar-refractivity contribution is 7.85. The van der Waals surface area contributed by atoms with Gasteiger partial charge >= 0.3 is 0 Å². The molecule has 1 aromatic heterocycles. The number of carbonyl (C=O) groups is 1. The second-order valence-electron chi connectivity index (χ2n) is 9.14. The number of aryl methyl sites for hydroxylation is 1. The first-order valence-electron chi connectivity index (χ1n) is 12.1. The van der Waals surface area contributed by atoms with E-state index in [0.29, 0.717) is 24.1 Å². The molecule has 1 atom stereocenters. The Kier molecular flexibility index (Phi) is 6.74. The zero-order valence-electron chi connectivity index (χ0n) is 19.2. The summed E-state index contributed by atoms with van der Waals surface area (Å²) in [6, 6.07) is 8.43. The second kappa shape index (κ2) is 9.89. The molecule has 2 aromatic rings. The van der Waals surface area contributed by atoms with Gasteiger partial charge < -0.3 is 15.0 Å². The van der Waals surface area contributed by atoms with Gasteiger partial charge in [0.15, 0.2) is 5.78 Å². The van der Waals surface area contributed by atoms with Crippen LogP contribution in [0.15, 0.2) is 29.2 Å². The number of hydrogen-bond acceptors (Lipinski definition) is 7. The summed E-state index contributed by atoms with van der Waals surface area (Å²) in [6.07, 6.45) is 5.15. The average Bonchev–Trinajstić information content (AvgIpc) is 3.25. The van der Waals surface area contributed by atoms with Crippen molar-refractivity contribution < 1.29 is 13.7 Å². The van der Waals surface area contributed by atoms with Crippen molar-refractivity contribution in [2.75, 3.05) is 42.3 Å². The standard InChI is InChI=1S/C25H32N4O3S/c1-2-22(30)19-5-3-4-18(16-19)17-6-11-29(12-7-17)25-27-21-10-15-33(31)23(21)24(28-25)26-20-8-13-32-14-9-20/h3-5,16-17,20H,2,6-15H2,1H3,(H,26,27,28). The highest BCUT2D eigenvalue weighted by Gasteiger charge is 2.30. The molecule has 33 heavy (non-hydrogen) atoms. The quantitative estimate of drug-likeness (QED) is 0.647. The van der Waals surface area contributed by atoms with E-state index in [1.807, 2.05) is 19.1 Å². The summed E-state index contributed by atoms with van der Waals surface area (Å²) < 4.78 is 18.1. The highest BCUT2D eigenvalue weighted by atomic mass is 32.2. The minimum absolute atomic E-state index is 0.197. The van der Waals surface area contributed by atoms with Crippen molar-refractivity contribution in [2.24, 2.45) is 0 Å². The Bertz CT molecular complexity index is 1050. The number of ether oxygens (including phenoxy) is 1. The Balaban J connectivity index is 1.32. The predicted molar refractivity (Wildman–Crippen MR) is 130 cm³/mol. The lowest BCUT2D eigenvalue weighted by Gasteiger charge is -2.33. The summed E-state index contributed by atoms with van der Waals surface area (Å²) in [7, 11) is -1.03. The summed E-state index contributed by atoms with van der Waals surface area (Å²) in [5.74, 6) is 2.77. The van der Waals surface area contributed by atoms with Crippen LogP contribution in [0, 0.1) is 0 Å². The average molecular weight is 469 g/mol. The molecule has 176 valence electrons. The van der Waals surface area contributed by atoms with Crippen LogP contribution in [0.4, 0.5) is 11.8 Å². The van der Waals surface area contributed by atoms with Gasteiger partial charge in [0, 0.05) is 56.5 Å². The summed E-state index contributed by atoms with van der Waals surface area (Å²) in [5, 5.41) is 3.57. The van der Waals surface area contributed by atoms with Crippen LogP contribution < -0.4 is 10.2 Å². The Labute approximate surface area is 197 Å². The van der Waals surface area contributed by atoms with Crippen LogP contribution in [0.25, 0.3) is 0 Å². The number of anilines is 2. The minimum Gasteiger partial charge on any atom is -0.381 e. The molecule has 0 aliphatic carbocycles. The number of nitrogens with zero attached hydrogens (tertiary/aromatic N) is 3. The van der Waals surface area contributed by atoms with E-state index in [1.165, 1.54) is 5.56 Å². The van der Waals surface area contributed by atoms with Crippen molar-refractivity contribution >= 4 is 28.3 Å². The SMILES string of the molecule is CCC(=O)c1cccc(C2CCN(c3nc4c(c(NC5CCOCC5)n3)S(=O)CC4)CC2)c1. The van der Waals surface area contributed by atoms with Crippen LogP contribution in [-0.2, 0) is 22.0 Å². The van der Waals surface area contributed by atoms with Crippen LogP contribution >= 0.6 is 0 Å². The smallest absolute Gasteiger partial charge is 0.227 e. The van der Waals surface area contributed by atoms with Crippen molar-refractivity contribution in [3.8, 4) is 0 Å². The van der Waals surface area contributed by atoms with E-state index in [9.17, 15) is 9.00 Å². The van der Waals surface area contributed by atoms with Crippen molar-refractivity contribution in [1.82, 2.24) is 9.97 Å². The van der Waals surface area contributed by atoms with Crippen molar-refractivity contribution in [2.45, 2.75) is 62.3 Å². The van der Waals surface area contributed by atoms with Gasteiger partial charge in [-0.1, -0.05) is 25.1 Å². The number of ketones is 1. The number of benzene rings is 1. The first-order valence-corrected chi connectivity index (χ1v) is 13.5. The van der Waals surface area contributed by atoms with Crippen molar-refractivity contribution in [3.63, 3.8) is 0 Å². The van der Waals surface area contributed by atoms with Gasteiger partial charge in [-0.2, -0.15) is 4.98 Å². The van der Waals surface area contributed by atoms with Crippen molar-refractivity contribution in [3.05, 3.63) is 41.1 Å². The van der Waals surface area contributed by atoms with Gasteiger partial charge in [-0.25, -0.2) is 4.98 Å². The van der Waals surface area contributed by atoms with Gasteiger partial charge in [0.25, 0.3) is 0 Å². The van der Waals surface area contributed by atoms with Gasteiger partial charge in [-0.05, 0) is 43.2 Å². The highest BCUT2D eigenvalue weighted by Crippen LogP contribution is 2.34. The van der Waals surface area contributed by atoms with Gasteiger partial charge in [0.1, 0.15) is 10.7 Å². The molecule has 2 fully saturated rings. The molecule has 0 saturated carbocycles. The summed E-state index contributed by atoms with van der Waals surface area (Å²) in [5.41, 5.74) is 3.00. The molecule has 1 aromatic carbocycles. The molecule has 0 spiro atoms. The third kappa shape index (κ3) is 4.82. The molecule has 0 amide bonds. The molecular weight excluding hydrogens is 436 g/mol. The molecule has 3 aliphatic heterocycles. The van der Waals surface area contributed by atoms with E-state index in [2.05, 4.69) is 22.3 Å². The summed E-state index contributed by atoms with van der Waals surface area (Å²) in [6.45, 7) is 5.15. The number of hydrogen-bond donors (Lipinski definition) is 1. The molecule has 1 N–H and O–H groups in total. The van der Waals surface area contributed by atoms with Gasteiger partial charge in [-0.3, -0.25) is 9.00 Å². The van der Waals surface area contributed by atoms with Crippen molar-refractivity contribution in [1.29, 1.82) is 0 Å². The van der Waals surface area contributed by atoms with E-state index in [0.717, 1.165) is 86.3 Å². The fourth-order valence-corrected chi connectivity index (χ4v) is 6.36. The molecule has 5 rings (SSSR count). The van der Waals surface area contributed by atoms with Gasteiger partial charge in [-0.15, -0.1) is 0 Å². The first kappa shape index (κ1) is 22.5. The molecule has 1 unspecified atom stereocenters. The van der Waals surface area contributed by atoms with E-state index in [-0.39, 0.29) is 5.78 Å². The van der Waals surface area contributed by atoms with E-state index >= 15 is 0 Å². The third-order valence-electron chi connectivity index (χ3n) is 7.02. The normalized spacial score (nSPS) is 21.7. The zero-order chi connectivity index (χ0) is 22.8. The fraction of sp³-hybridized carbons (Fsp3) is 0.560. The predicted octanol–water partition coefficient (Wildman–Crippen LogP) is 3.71. The third-order valence-corrected chi connectivity index (χ3v) is 8.48. The number of aromatic nitrogens is 2. The largest absolute Gasteiger partial charge is 0.381 e. The van der Waals surface area contributed by atoms with Gasteiger partial charge in [0.2, 0.25) is 5.95 Å². The molecule has 0 radical (unpaired) electrons. The van der Waals surface area contributed by atoms with Crippen LogP contribution in [0.2, 0.25) is 0 Å². The zero-order valence-corrected chi connectivity index (χ0v) is 20.0. The van der Waals surface area contributed by atoms with E-state index in [4.69, 9.17) is 14.7 Å². The maximum Gasteiger partial charge on any atom is 0.227 e. The number of piperidine rings is 1. The van der Waals surface area contributed by atoms with E-state index in [1.54, 1.807) is 0 Å². The Morgan fingerprint density at radius 1 is 1.18 bits per heavy atom. The summed E-state index contributed by atoms with van der Waals surface area (Å²) >= 11 is 0. The molecule has 4 heterocycles. The minimum atomic E-state index is -1.03. The maximum atomic E-state index is 12.6. The number of fused-ring (bicyclic) bond motifs is 1. The fourth-order valence-electron chi connectivity index (χ4n) is 5.04. The maximum absolute atomic E-state index is 12.6. The van der Waals surface area contributed by atoms with Crippen LogP contribution in [-0.4, -0.2) is 58.1 Å². The number of nitrogens with one attached hydrogen (secondary N) is 1. The first-order chi connectivity index (χ1) is 16.1. The van der Waals surface area contributed by atoms with Crippen LogP contribution in [0.1, 0.15) is 66.6 Å². The lowest BCUT2D eigenvalue weighted by molar-refractivity contribution is 0.0903. The molecular formula is C25H32N4O3S. The number of carbonyl (C=O) groups excluding carboxylic acids is 1. The topological polar surface area (TPSA) is 84.4 Å². The Hall–Kier alpha value is -2.32. The summed E-state index contributed by atoms with van der Waals surface area (Å²) in [4.78, 5) is 24.9. The molecule has 7 nitrogen and oxygen atoms in total. The number of rotatable bonds is 6. The van der Waals surface area contributed by atoms with Crippen LogP contribution in [0.5, 0.6) is 0 Å². The van der Waals surface area contributed by atoms with E-state index < -0.39 is 10.8 Å². The lowest BCUT2D eigenvalue weighted by Crippen LogP contribution is -2.35. The molecule has 0 bridgehead atoms. The monoisotopic (exact) mass is 468 g/mol.